The van der Waals surface area contributed by atoms with E-state index in [4.69, 9.17) is 10.8 Å². The molecule has 5 nitrogen and oxygen atoms in total. The zero-order valence-corrected chi connectivity index (χ0v) is 12.7. The van der Waals surface area contributed by atoms with Gasteiger partial charge in [0.2, 0.25) is 5.91 Å². The highest BCUT2D eigenvalue weighted by Gasteiger charge is 2.31. The summed E-state index contributed by atoms with van der Waals surface area (Å²) in [5.74, 6) is 0.151. The van der Waals surface area contributed by atoms with Crippen LogP contribution in [0.4, 0.5) is 0 Å². The zero-order valence-electron chi connectivity index (χ0n) is 12.7. The second-order valence-corrected chi connectivity index (χ2v) is 6.69. The molecule has 0 spiro atoms. The Hall–Kier alpha value is -1.10. The molecule has 2 rings (SSSR count). The molecule has 0 radical (unpaired) electrons. The molecular formula is C16H28N2O3. The van der Waals surface area contributed by atoms with Gasteiger partial charge in [0.15, 0.2) is 0 Å². The van der Waals surface area contributed by atoms with Crippen LogP contribution in [0.15, 0.2) is 0 Å². The molecule has 0 bridgehead atoms. The topological polar surface area (TPSA) is 92.4 Å². The average Bonchev–Trinajstić information content (AvgIpc) is 2.52. The van der Waals surface area contributed by atoms with E-state index in [1.807, 2.05) is 0 Å². The number of rotatable bonds is 5. The van der Waals surface area contributed by atoms with Crippen molar-refractivity contribution in [3.8, 4) is 0 Å². The van der Waals surface area contributed by atoms with Crippen LogP contribution in [-0.2, 0) is 9.59 Å². The Morgan fingerprint density at radius 1 is 1.05 bits per heavy atom. The van der Waals surface area contributed by atoms with E-state index in [1.54, 1.807) is 0 Å². The number of hydrogen-bond acceptors (Lipinski definition) is 3. The van der Waals surface area contributed by atoms with E-state index in [0.717, 1.165) is 44.9 Å². The lowest BCUT2D eigenvalue weighted by Gasteiger charge is -2.31. The van der Waals surface area contributed by atoms with Crippen molar-refractivity contribution in [1.29, 1.82) is 0 Å². The third-order valence-electron chi connectivity index (χ3n) is 5.31. The number of carbonyl (C=O) groups is 2. The molecule has 1 amide bonds. The largest absolute Gasteiger partial charge is 0.481 e. The van der Waals surface area contributed by atoms with Crippen LogP contribution in [0, 0.1) is 23.7 Å². The number of carboxylic acid groups (broad SMARTS) is 1. The fourth-order valence-electron chi connectivity index (χ4n) is 3.82. The van der Waals surface area contributed by atoms with E-state index < -0.39 is 5.97 Å². The summed E-state index contributed by atoms with van der Waals surface area (Å²) >= 11 is 0. The van der Waals surface area contributed by atoms with Crippen LogP contribution in [0.3, 0.4) is 0 Å². The van der Waals surface area contributed by atoms with Gasteiger partial charge in [0.1, 0.15) is 0 Å². The number of hydrogen-bond donors (Lipinski definition) is 3. The Balaban J connectivity index is 1.73. The maximum Gasteiger partial charge on any atom is 0.306 e. The molecule has 5 heteroatoms. The number of carbonyl (C=O) groups excluding carboxylic acids is 1. The lowest BCUT2D eigenvalue weighted by Crippen LogP contribution is -2.41. The van der Waals surface area contributed by atoms with Crippen molar-refractivity contribution >= 4 is 11.9 Å². The number of nitrogens with one attached hydrogen (secondary N) is 1. The average molecular weight is 296 g/mol. The smallest absolute Gasteiger partial charge is 0.306 e. The van der Waals surface area contributed by atoms with Gasteiger partial charge in [-0.25, -0.2) is 0 Å². The lowest BCUT2D eigenvalue weighted by molar-refractivity contribution is -0.143. The van der Waals surface area contributed by atoms with E-state index in [0.29, 0.717) is 24.9 Å². The minimum absolute atomic E-state index is 0.0825. The molecule has 2 atom stereocenters. The first-order valence-corrected chi connectivity index (χ1v) is 8.32. The van der Waals surface area contributed by atoms with Crippen LogP contribution < -0.4 is 11.1 Å². The van der Waals surface area contributed by atoms with Crippen molar-refractivity contribution in [2.24, 2.45) is 29.4 Å². The summed E-state index contributed by atoms with van der Waals surface area (Å²) in [4.78, 5) is 23.2. The quantitative estimate of drug-likeness (QED) is 0.720. The van der Waals surface area contributed by atoms with Crippen LogP contribution in [0.2, 0.25) is 0 Å². The molecule has 2 saturated carbocycles. The first-order chi connectivity index (χ1) is 10.1. The Morgan fingerprint density at radius 3 is 2.33 bits per heavy atom. The van der Waals surface area contributed by atoms with Crippen LogP contribution in [-0.4, -0.2) is 30.1 Å². The van der Waals surface area contributed by atoms with E-state index in [9.17, 15) is 9.59 Å². The highest BCUT2D eigenvalue weighted by Crippen LogP contribution is 2.31. The van der Waals surface area contributed by atoms with Crippen LogP contribution >= 0.6 is 0 Å². The second kappa shape index (κ2) is 7.78. The molecule has 0 saturated heterocycles. The summed E-state index contributed by atoms with van der Waals surface area (Å²) in [6.07, 6.45) is 7.63. The third-order valence-corrected chi connectivity index (χ3v) is 5.31. The highest BCUT2D eigenvalue weighted by molar-refractivity contribution is 5.79. The Bertz CT molecular complexity index is 365. The van der Waals surface area contributed by atoms with Gasteiger partial charge in [-0.05, 0) is 56.9 Å². The normalized spacial score (nSPS) is 33.4. The van der Waals surface area contributed by atoms with Crippen LogP contribution in [0.25, 0.3) is 0 Å². The fraction of sp³-hybridized carbons (Fsp3) is 0.875. The van der Waals surface area contributed by atoms with Gasteiger partial charge in [0.25, 0.3) is 0 Å². The summed E-state index contributed by atoms with van der Waals surface area (Å²) in [5, 5.41) is 12.1. The number of amides is 1. The van der Waals surface area contributed by atoms with E-state index in [-0.39, 0.29) is 17.7 Å². The molecule has 0 aliphatic heterocycles. The van der Waals surface area contributed by atoms with Gasteiger partial charge < -0.3 is 16.2 Å². The predicted molar refractivity (Wildman–Crippen MR) is 80.6 cm³/mol. The van der Waals surface area contributed by atoms with Gasteiger partial charge >= 0.3 is 5.97 Å². The molecule has 2 aliphatic rings. The monoisotopic (exact) mass is 296 g/mol. The molecule has 2 unspecified atom stereocenters. The molecule has 2 aliphatic carbocycles. The summed E-state index contributed by atoms with van der Waals surface area (Å²) in [6, 6.07) is 0. The van der Waals surface area contributed by atoms with Gasteiger partial charge in [-0.2, -0.15) is 0 Å². The van der Waals surface area contributed by atoms with Crippen molar-refractivity contribution in [3.05, 3.63) is 0 Å². The van der Waals surface area contributed by atoms with Gasteiger partial charge in [-0.3, -0.25) is 9.59 Å². The SMILES string of the molecule is NCC1CCCCC1C(=O)NCC1CCC(C(=O)O)CC1. The summed E-state index contributed by atoms with van der Waals surface area (Å²) in [7, 11) is 0. The van der Waals surface area contributed by atoms with Gasteiger partial charge in [-0.15, -0.1) is 0 Å². The minimum Gasteiger partial charge on any atom is -0.481 e. The van der Waals surface area contributed by atoms with Crippen molar-refractivity contribution in [2.45, 2.75) is 51.4 Å². The van der Waals surface area contributed by atoms with Crippen molar-refractivity contribution in [2.75, 3.05) is 13.1 Å². The van der Waals surface area contributed by atoms with E-state index >= 15 is 0 Å². The minimum atomic E-state index is -0.675. The summed E-state index contributed by atoms with van der Waals surface area (Å²) < 4.78 is 0. The molecule has 0 aromatic rings. The first-order valence-electron chi connectivity index (χ1n) is 8.32. The number of carboxylic acids is 1. The summed E-state index contributed by atoms with van der Waals surface area (Å²) in [6.45, 7) is 1.29. The zero-order chi connectivity index (χ0) is 15.2. The Labute approximate surface area is 126 Å². The molecule has 0 aromatic heterocycles. The molecular weight excluding hydrogens is 268 g/mol. The first kappa shape index (κ1) is 16.3. The molecule has 2 fully saturated rings. The molecule has 120 valence electrons. The van der Waals surface area contributed by atoms with Crippen LogP contribution in [0.5, 0.6) is 0 Å². The lowest BCUT2D eigenvalue weighted by atomic mass is 9.78. The van der Waals surface area contributed by atoms with Gasteiger partial charge in [0.05, 0.1) is 5.92 Å². The third kappa shape index (κ3) is 4.43. The van der Waals surface area contributed by atoms with E-state index in [2.05, 4.69) is 5.32 Å². The van der Waals surface area contributed by atoms with E-state index in [1.165, 1.54) is 6.42 Å². The number of nitrogens with two attached hydrogens (primary N) is 1. The Kier molecular flexibility index (Phi) is 6.03. The number of aliphatic carboxylic acids is 1. The van der Waals surface area contributed by atoms with Crippen molar-refractivity contribution < 1.29 is 14.7 Å². The maximum absolute atomic E-state index is 12.3. The molecule has 0 heterocycles. The molecule has 4 N–H and O–H groups in total. The van der Waals surface area contributed by atoms with Gasteiger partial charge in [-0.1, -0.05) is 12.8 Å². The second-order valence-electron chi connectivity index (χ2n) is 6.69. The van der Waals surface area contributed by atoms with Gasteiger partial charge in [0, 0.05) is 12.5 Å². The van der Waals surface area contributed by atoms with Crippen LogP contribution in [0.1, 0.15) is 51.4 Å². The Morgan fingerprint density at radius 2 is 1.71 bits per heavy atom. The molecule has 0 aromatic carbocycles. The fourth-order valence-corrected chi connectivity index (χ4v) is 3.82. The summed E-state index contributed by atoms with van der Waals surface area (Å²) in [5.41, 5.74) is 5.78. The highest BCUT2D eigenvalue weighted by atomic mass is 16.4. The standard InChI is InChI=1S/C16H28N2O3/c17-9-13-3-1-2-4-14(13)15(19)18-10-11-5-7-12(8-6-11)16(20)21/h11-14H,1-10,17H2,(H,18,19)(H,20,21). The van der Waals surface area contributed by atoms with Crippen molar-refractivity contribution in [3.63, 3.8) is 0 Å². The van der Waals surface area contributed by atoms with Crippen molar-refractivity contribution in [1.82, 2.24) is 5.32 Å². The molecule has 21 heavy (non-hydrogen) atoms. The maximum atomic E-state index is 12.3. The predicted octanol–water partition coefficient (Wildman–Crippen LogP) is 1.76.